The number of aromatic nitrogens is 3. The van der Waals surface area contributed by atoms with Crippen molar-refractivity contribution in [2.75, 3.05) is 19.6 Å². The summed E-state index contributed by atoms with van der Waals surface area (Å²) in [7, 11) is -3.87. The van der Waals surface area contributed by atoms with E-state index in [1.165, 1.54) is 16.4 Å². The summed E-state index contributed by atoms with van der Waals surface area (Å²) in [6, 6.07) is 14.8. The molecule has 4 aromatic rings. The third-order valence-corrected chi connectivity index (χ3v) is 11.7. The van der Waals surface area contributed by atoms with Crippen LogP contribution in [0.1, 0.15) is 48.1 Å². The highest BCUT2D eigenvalue weighted by molar-refractivity contribution is 14.1. The number of hydrogen-bond donors (Lipinski definition) is 0. The zero-order valence-corrected chi connectivity index (χ0v) is 27.2. The fraction of sp³-hybridized carbons (Fsp3) is 0.387. The van der Waals surface area contributed by atoms with Crippen molar-refractivity contribution < 1.29 is 26.4 Å². The smallest absolute Gasteiger partial charge is 0.330 e. The molecule has 1 atom stereocenters. The molecule has 0 aliphatic carbocycles. The summed E-state index contributed by atoms with van der Waals surface area (Å²) in [6.45, 7) is 4.45. The highest BCUT2D eigenvalue weighted by Crippen LogP contribution is 2.37. The summed E-state index contributed by atoms with van der Waals surface area (Å²) in [4.78, 5) is 17.5. The topological polar surface area (TPSA) is 87.9 Å². The van der Waals surface area contributed by atoms with Crippen molar-refractivity contribution in [3.8, 4) is 11.3 Å². The van der Waals surface area contributed by atoms with Gasteiger partial charge in [0.25, 0.3) is 0 Å². The first kappa shape index (κ1) is 31.0. The second kappa shape index (κ2) is 11.7. The second-order valence-electron chi connectivity index (χ2n) is 11.5. The Hall–Kier alpha value is -3.04. The zero-order valence-electron chi connectivity index (χ0n) is 24.2. The fourth-order valence-electron chi connectivity index (χ4n) is 6.28. The molecule has 1 saturated heterocycles. The van der Waals surface area contributed by atoms with Crippen molar-refractivity contribution in [3.05, 3.63) is 80.7 Å². The van der Waals surface area contributed by atoms with Crippen LogP contribution in [0.2, 0.25) is 0 Å². The molecule has 1 fully saturated rings. The average molecular weight is 738 g/mol. The van der Waals surface area contributed by atoms with Crippen molar-refractivity contribution in [2.24, 2.45) is 5.92 Å². The van der Waals surface area contributed by atoms with Crippen LogP contribution in [-0.4, -0.2) is 63.9 Å². The Morgan fingerprint density at radius 3 is 2.48 bits per heavy atom. The number of fused-ring (bicyclic) bond motifs is 2. The maximum Gasteiger partial charge on any atom is 0.471 e. The van der Waals surface area contributed by atoms with Gasteiger partial charge in [-0.3, -0.25) is 4.79 Å². The van der Waals surface area contributed by atoms with Crippen LogP contribution in [0.25, 0.3) is 16.9 Å². The highest BCUT2D eigenvalue weighted by atomic mass is 127. The zero-order chi connectivity index (χ0) is 31.4. The van der Waals surface area contributed by atoms with Crippen LogP contribution in [0.3, 0.4) is 0 Å². The number of alkyl halides is 3. The Morgan fingerprint density at radius 1 is 1.05 bits per heavy atom. The Bertz CT molecular complexity index is 1850. The molecule has 0 bridgehead atoms. The van der Waals surface area contributed by atoms with Gasteiger partial charge in [-0.25, -0.2) is 17.9 Å². The van der Waals surface area contributed by atoms with Crippen molar-refractivity contribution in [2.45, 2.75) is 56.6 Å². The van der Waals surface area contributed by atoms with Crippen molar-refractivity contribution in [3.63, 3.8) is 0 Å². The molecular weight excluding hydrogens is 706 g/mol. The highest BCUT2D eigenvalue weighted by Gasteiger charge is 2.43. The van der Waals surface area contributed by atoms with Gasteiger partial charge in [0.1, 0.15) is 0 Å². The third kappa shape index (κ3) is 5.73. The van der Waals surface area contributed by atoms with Gasteiger partial charge >= 0.3 is 12.1 Å². The predicted octanol–water partition coefficient (Wildman–Crippen LogP) is 5.96. The minimum atomic E-state index is -4.97. The molecular formula is C31H31F3IN5O3S. The van der Waals surface area contributed by atoms with Crippen LogP contribution >= 0.6 is 22.6 Å². The molecule has 4 heterocycles. The maximum atomic E-state index is 13.6. The van der Waals surface area contributed by atoms with Crippen molar-refractivity contribution in [1.29, 1.82) is 0 Å². The third-order valence-electron chi connectivity index (χ3n) is 8.86. The molecule has 0 radical (unpaired) electrons. The van der Waals surface area contributed by atoms with Crippen molar-refractivity contribution >= 4 is 44.2 Å². The number of piperidine rings is 1. The van der Waals surface area contributed by atoms with Crippen LogP contribution < -0.4 is 0 Å². The van der Waals surface area contributed by atoms with Gasteiger partial charge in [-0.2, -0.15) is 22.6 Å². The molecule has 2 aromatic carbocycles. The van der Waals surface area contributed by atoms with E-state index in [1.807, 2.05) is 35.8 Å². The molecule has 2 aliphatic heterocycles. The molecule has 13 heteroatoms. The summed E-state index contributed by atoms with van der Waals surface area (Å²) in [5.74, 6) is -1.63. The number of benzene rings is 2. The first-order valence-corrected chi connectivity index (χ1v) is 16.9. The molecule has 0 spiro atoms. The molecule has 1 amide bonds. The van der Waals surface area contributed by atoms with Gasteiger partial charge in [0.15, 0.2) is 5.65 Å². The number of amides is 1. The van der Waals surface area contributed by atoms with E-state index in [1.54, 1.807) is 6.07 Å². The number of hydrogen-bond acceptors (Lipinski definition) is 5. The van der Waals surface area contributed by atoms with Gasteiger partial charge < -0.3 is 4.90 Å². The van der Waals surface area contributed by atoms with Gasteiger partial charge in [0, 0.05) is 52.5 Å². The largest absolute Gasteiger partial charge is 0.471 e. The van der Waals surface area contributed by atoms with Crippen LogP contribution in [0.4, 0.5) is 13.2 Å². The van der Waals surface area contributed by atoms with Crippen molar-refractivity contribution in [1.82, 2.24) is 23.8 Å². The molecule has 2 aliphatic rings. The minimum Gasteiger partial charge on any atom is -0.330 e. The van der Waals surface area contributed by atoms with Gasteiger partial charge in [0.05, 0.1) is 16.8 Å². The van der Waals surface area contributed by atoms with E-state index in [0.29, 0.717) is 31.5 Å². The summed E-state index contributed by atoms with van der Waals surface area (Å²) in [5, 5.41) is 4.61. The number of carbonyl (C=O) groups is 1. The molecule has 0 N–H and O–H groups in total. The SMILES string of the molecule is Cc1cnn2c([C@H](C)C3CCN(S(=O)(=O)c4ccc5c(c4)CN(C(=O)C(F)(F)F)CC5)CC3)cc(-c3ccccc3I)nc12. The average Bonchev–Trinajstić information content (AvgIpc) is 3.39. The summed E-state index contributed by atoms with van der Waals surface area (Å²) < 4.78 is 70.8. The molecule has 232 valence electrons. The predicted molar refractivity (Wildman–Crippen MR) is 167 cm³/mol. The molecule has 8 nitrogen and oxygen atoms in total. The molecule has 44 heavy (non-hydrogen) atoms. The summed E-state index contributed by atoms with van der Waals surface area (Å²) in [6.07, 6.45) is -1.64. The first-order valence-electron chi connectivity index (χ1n) is 14.4. The molecule has 0 saturated carbocycles. The Morgan fingerprint density at radius 2 is 1.77 bits per heavy atom. The van der Waals surface area contributed by atoms with Gasteiger partial charge in [0.2, 0.25) is 10.0 Å². The monoisotopic (exact) mass is 737 g/mol. The van der Waals surface area contributed by atoms with E-state index in [4.69, 9.17) is 4.98 Å². The van der Waals surface area contributed by atoms with E-state index in [9.17, 15) is 26.4 Å². The lowest BCUT2D eigenvalue weighted by molar-refractivity contribution is -0.186. The lowest BCUT2D eigenvalue weighted by Crippen LogP contribution is -2.43. The van der Waals surface area contributed by atoms with Gasteiger partial charge in [-0.15, -0.1) is 0 Å². The normalized spacial score (nSPS) is 17.5. The lowest BCUT2D eigenvalue weighted by Gasteiger charge is -2.35. The lowest BCUT2D eigenvalue weighted by atomic mass is 9.83. The van der Waals surface area contributed by atoms with E-state index >= 15 is 0 Å². The van der Waals surface area contributed by atoms with Crippen LogP contribution in [0.5, 0.6) is 0 Å². The summed E-state index contributed by atoms with van der Waals surface area (Å²) in [5.41, 5.74) is 5.89. The number of halogens is 4. The number of rotatable bonds is 5. The van der Waals surface area contributed by atoms with Crippen LogP contribution in [-0.2, 0) is 27.8 Å². The molecule has 0 unspecified atom stereocenters. The second-order valence-corrected chi connectivity index (χ2v) is 14.6. The minimum absolute atomic E-state index is 0.0361. The van der Waals surface area contributed by atoms with E-state index in [2.05, 4.69) is 46.7 Å². The van der Waals surface area contributed by atoms with E-state index in [0.717, 1.165) is 42.2 Å². The Balaban J connectivity index is 1.20. The van der Waals surface area contributed by atoms with E-state index < -0.39 is 22.1 Å². The fourth-order valence-corrected chi connectivity index (χ4v) is 8.46. The standard InChI is InChI=1S/C31H31F3IN5O3S/c1-19-17-36-40-28(16-27(37-29(19)40)25-5-3-4-6-26(25)35)20(2)21-10-13-39(14-11-21)44(42,43)24-8-7-22-9-12-38(18-23(22)15-24)30(41)31(32,33)34/h3-8,15-17,20-21H,9-14,18H2,1-2H3/t20-/m1/s1. The first-order chi connectivity index (χ1) is 20.8. The quantitative estimate of drug-likeness (QED) is 0.236. The number of aryl methyl sites for hydroxylation is 1. The number of sulfonamides is 1. The summed E-state index contributed by atoms with van der Waals surface area (Å²) >= 11 is 2.31. The van der Waals surface area contributed by atoms with Crippen LogP contribution in [0, 0.1) is 16.4 Å². The molecule has 2 aromatic heterocycles. The Kier molecular flexibility index (Phi) is 8.24. The van der Waals surface area contributed by atoms with Gasteiger partial charge in [-0.05, 0) is 90.1 Å². The van der Waals surface area contributed by atoms with E-state index in [-0.39, 0.29) is 36.2 Å². The Labute approximate surface area is 267 Å². The molecule has 6 rings (SSSR count). The van der Waals surface area contributed by atoms with Gasteiger partial charge in [-0.1, -0.05) is 31.2 Å². The maximum absolute atomic E-state index is 13.6. The number of carbonyl (C=O) groups excluding carboxylic acids is 1. The van der Waals surface area contributed by atoms with Crippen LogP contribution in [0.15, 0.2) is 59.6 Å². The number of nitrogens with zero attached hydrogens (tertiary/aromatic N) is 5.